The van der Waals surface area contributed by atoms with Crippen molar-refractivity contribution in [1.29, 1.82) is 0 Å². The molecule has 0 radical (unpaired) electrons. The van der Waals surface area contributed by atoms with Gasteiger partial charge in [0.15, 0.2) is 0 Å². The van der Waals surface area contributed by atoms with Gasteiger partial charge in [0.25, 0.3) is 5.91 Å². The first-order chi connectivity index (χ1) is 8.79. The summed E-state index contributed by atoms with van der Waals surface area (Å²) in [5.74, 6) is 0.195. The monoisotopic (exact) mass is 265 g/mol. The molecule has 0 saturated heterocycles. The summed E-state index contributed by atoms with van der Waals surface area (Å²) in [7, 11) is 0. The van der Waals surface area contributed by atoms with Gasteiger partial charge < -0.3 is 10.6 Å². The summed E-state index contributed by atoms with van der Waals surface area (Å²) >= 11 is 1.48. The first-order valence-electron chi connectivity index (χ1n) is 6.79. The van der Waals surface area contributed by atoms with E-state index in [2.05, 4.69) is 9.88 Å². The SMILES string of the molecule is NCc1nc2c(s1)C(=O)N(C1CCCCC1)CC2. The minimum Gasteiger partial charge on any atom is -0.335 e. The summed E-state index contributed by atoms with van der Waals surface area (Å²) < 4.78 is 0. The Bertz CT molecular complexity index is 451. The maximum atomic E-state index is 12.5. The molecule has 0 atom stereocenters. The Morgan fingerprint density at radius 2 is 2.11 bits per heavy atom. The Morgan fingerprint density at radius 1 is 1.33 bits per heavy atom. The molecular weight excluding hydrogens is 246 g/mol. The number of aromatic nitrogens is 1. The third-order valence-corrected chi connectivity index (χ3v) is 5.08. The Hall–Kier alpha value is -0.940. The van der Waals surface area contributed by atoms with Gasteiger partial charge in [-0.2, -0.15) is 0 Å². The van der Waals surface area contributed by atoms with Crippen molar-refractivity contribution in [2.45, 2.75) is 51.1 Å². The van der Waals surface area contributed by atoms with Gasteiger partial charge in [0.05, 0.1) is 5.69 Å². The van der Waals surface area contributed by atoms with Crippen molar-refractivity contribution >= 4 is 17.2 Å². The van der Waals surface area contributed by atoms with Gasteiger partial charge in [-0.15, -0.1) is 11.3 Å². The summed E-state index contributed by atoms with van der Waals surface area (Å²) in [6.45, 7) is 1.28. The predicted octanol–water partition coefficient (Wildman–Crippen LogP) is 1.93. The lowest BCUT2D eigenvalue weighted by atomic mass is 9.93. The van der Waals surface area contributed by atoms with Crippen molar-refractivity contribution in [3.8, 4) is 0 Å². The standard InChI is InChI=1S/C13H19N3OS/c14-8-11-15-10-6-7-16(13(17)12(10)18-11)9-4-2-1-3-5-9/h9H,1-8,14H2. The fraction of sp³-hybridized carbons (Fsp3) is 0.692. The average molecular weight is 265 g/mol. The van der Waals surface area contributed by atoms with E-state index >= 15 is 0 Å². The molecule has 18 heavy (non-hydrogen) atoms. The molecule has 0 bridgehead atoms. The van der Waals surface area contributed by atoms with Crippen LogP contribution in [-0.2, 0) is 13.0 Å². The number of carbonyl (C=O) groups is 1. The maximum absolute atomic E-state index is 12.5. The van der Waals surface area contributed by atoms with E-state index < -0.39 is 0 Å². The van der Waals surface area contributed by atoms with Gasteiger partial charge in [-0.3, -0.25) is 4.79 Å². The van der Waals surface area contributed by atoms with Crippen LogP contribution in [-0.4, -0.2) is 28.4 Å². The summed E-state index contributed by atoms with van der Waals surface area (Å²) in [6.07, 6.45) is 7.08. The molecule has 4 nitrogen and oxygen atoms in total. The van der Waals surface area contributed by atoms with E-state index in [4.69, 9.17) is 5.73 Å². The topological polar surface area (TPSA) is 59.2 Å². The Kier molecular flexibility index (Phi) is 3.35. The number of hydrogen-bond acceptors (Lipinski definition) is 4. The average Bonchev–Trinajstić information content (AvgIpc) is 2.84. The van der Waals surface area contributed by atoms with Crippen LogP contribution in [0, 0.1) is 0 Å². The van der Waals surface area contributed by atoms with Crippen molar-refractivity contribution in [3.63, 3.8) is 0 Å². The number of amides is 1. The van der Waals surface area contributed by atoms with Gasteiger partial charge in [-0.25, -0.2) is 4.98 Å². The number of carbonyl (C=O) groups excluding carboxylic acids is 1. The van der Waals surface area contributed by atoms with E-state index in [1.807, 2.05) is 0 Å². The van der Waals surface area contributed by atoms with Gasteiger partial charge >= 0.3 is 0 Å². The van der Waals surface area contributed by atoms with E-state index in [1.165, 1.54) is 43.4 Å². The molecular formula is C13H19N3OS. The van der Waals surface area contributed by atoms with E-state index in [0.29, 0.717) is 12.6 Å². The predicted molar refractivity (Wildman–Crippen MR) is 71.6 cm³/mol. The van der Waals surface area contributed by atoms with Gasteiger partial charge in [0.1, 0.15) is 9.88 Å². The molecule has 3 rings (SSSR count). The molecule has 1 amide bonds. The number of nitrogens with two attached hydrogens (primary N) is 1. The molecule has 1 aliphatic carbocycles. The van der Waals surface area contributed by atoms with E-state index in [-0.39, 0.29) is 5.91 Å². The van der Waals surface area contributed by atoms with Crippen molar-refractivity contribution < 1.29 is 4.79 Å². The zero-order valence-corrected chi connectivity index (χ0v) is 11.3. The molecule has 1 fully saturated rings. The van der Waals surface area contributed by atoms with Crippen LogP contribution >= 0.6 is 11.3 Å². The highest BCUT2D eigenvalue weighted by atomic mass is 32.1. The highest BCUT2D eigenvalue weighted by Crippen LogP contribution is 2.30. The molecule has 1 aromatic rings. The van der Waals surface area contributed by atoms with Gasteiger partial charge in [-0.1, -0.05) is 19.3 Å². The molecule has 1 saturated carbocycles. The molecule has 0 spiro atoms. The molecule has 5 heteroatoms. The van der Waals surface area contributed by atoms with Crippen LogP contribution in [0.5, 0.6) is 0 Å². The fourth-order valence-corrected chi connectivity index (χ4v) is 3.97. The minimum absolute atomic E-state index is 0.195. The van der Waals surface area contributed by atoms with Gasteiger partial charge in [0, 0.05) is 25.6 Å². The molecule has 0 unspecified atom stereocenters. The fourth-order valence-electron chi connectivity index (χ4n) is 3.02. The zero-order chi connectivity index (χ0) is 12.5. The first-order valence-corrected chi connectivity index (χ1v) is 7.61. The minimum atomic E-state index is 0.195. The molecule has 2 heterocycles. The van der Waals surface area contributed by atoms with Crippen LogP contribution in [0.2, 0.25) is 0 Å². The van der Waals surface area contributed by atoms with Crippen molar-refractivity contribution in [3.05, 3.63) is 15.6 Å². The molecule has 1 aliphatic heterocycles. The van der Waals surface area contributed by atoms with Crippen LogP contribution in [0.1, 0.15) is 52.5 Å². The van der Waals surface area contributed by atoms with Crippen LogP contribution in [0.15, 0.2) is 0 Å². The van der Waals surface area contributed by atoms with E-state index in [1.54, 1.807) is 0 Å². The summed E-state index contributed by atoms with van der Waals surface area (Å²) in [4.78, 5) is 19.9. The second-order valence-corrected chi connectivity index (χ2v) is 6.21. The first kappa shape index (κ1) is 12.1. The van der Waals surface area contributed by atoms with Crippen molar-refractivity contribution in [2.75, 3.05) is 6.54 Å². The highest BCUT2D eigenvalue weighted by molar-refractivity contribution is 7.13. The second kappa shape index (κ2) is 4.97. The summed E-state index contributed by atoms with van der Waals surface area (Å²) in [6, 6.07) is 0.461. The molecule has 2 aliphatic rings. The maximum Gasteiger partial charge on any atom is 0.266 e. The highest BCUT2D eigenvalue weighted by Gasteiger charge is 2.32. The Morgan fingerprint density at radius 3 is 2.83 bits per heavy atom. The van der Waals surface area contributed by atoms with Crippen LogP contribution in [0.3, 0.4) is 0 Å². The largest absolute Gasteiger partial charge is 0.335 e. The third-order valence-electron chi connectivity index (χ3n) is 3.98. The number of nitrogens with zero attached hydrogens (tertiary/aromatic N) is 2. The quantitative estimate of drug-likeness (QED) is 0.889. The van der Waals surface area contributed by atoms with Crippen molar-refractivity contribution in [1.82, 2.24) is 9.88 Å². The Labute approximate surface area is 111 Å². The van der Waals surface area contributed by atoms with Gasteiger partial charge in [0.2, 0.25) is 0 Å². The lowest BCUT2D eigenvalue weighted by Crippen LogP contribution is -2.45. The van der Waals surface area contributed by atoms with Crippen molar-refractivity contribution in [2.24, 2.45) is 5.73 Å². The smallest absolute Gasteiger partial charge is 0.266 e. The van der Waals surface area contributed by atoms with Crippen LogP contribution in [0.4, 0.5) is 0 Å². The molecule has 2 N–H and O–H groups in total. The van der Waals surface area contributed by atoms with Crippen LogP contribution < -0.4 is 5.73 Å². The Balaban J connectivity index is 1.82. The lowest BCUT2D eigenvalue weighted by molar-refractivity contribution is 0.0619. The molecule has 98 valence electrons. The van der Waals surface area contributed by atoms with Gasteiger partial charge in [-0.05, 0) is 12.8 Å². The number of thiazole rings is 1. The number of hydrogen-bond donors (Lipinski definition) is 1. The molecule has 0 aromatic carbocycles. The number of fused-ring (bicyclic) bond motifs is 1. The van der Waals surface area contributed by atoms with Crippen LogP contribution in [0.25, 0.3) is 0 Å². The summed E-state index contributed by atoms with van der Waals surface area (Å²) in [5, 5.41) is 0.888. The van der Waals surface area contributed by atoms with E-state index in [9.17, 15) is 4.79 Å². The lowest BCUT2D eigenvalue weighted by Gasteiger charge is -2.36. The second-order valence-electron chi connectivity index (χ2n) is 5.13. The zero-order valence-electron chi connectivity index (χ0n) is 10.5. The number of rotatable bonds is 2. The third kappa shape index (κ3) is 2.06. The summed E-state index contributed by atoms with van der Waals surface area (Å²) in [5.41, 5.74) is 6.58. The molecule has 1 aromatic heterocycles. The van der Waals surface area contributed by atoms with E-state index in [0.717, 1.165) is 28.5 Å². The normalized spacial score (nSPS) is 21.2.